The second-order valence-corrected chi connectivity index (χ2v) is 4.88. The first-order valence-electron chi connectivity index (χ1n) is 6.92. The van der Waals surface area contributed by atoms with Crippen LogP contribution in [0.2, 0.25) is 0 Å². The summed E-state index contributed by atoms with van der Waals surface area (Å²) in [6, 6.07) is 6.24. The number of hydrogen-bond donors (Lipinski definition) is 2. The number of carbonyl (C=O) groups is 1. The van der Waals surface area contributed by atoms with Crippen molar-refractivity contribution in [2.45, 2.75) is 39.0 Å². The minimum absolute atomic E-state index is 0.0578. The van der Waals surface area contributed by atoms with Crippen LogP contribution in [0.15, 0.2) is 18.2 Å². The first-order chi connectivity index (χ1) is 8.81. The second kappa shape index (κ2) is 6.55. The molecule has 0 aromatic heterocycles. The number of anilines is 1. The van der Waals surface area contributed by atoms with Crippen molar-refractivity contribution in [2.24, 2.45) is 0 Å². The van der Waals surface area contributed by atoms with E-state index >= 15 is 0 Å². The van der Waals surface area contributed by atoms with Gasteiger partial charge in [0.05, 0.1) is 6.54 Å². The van der Waals surface area contributed by atoms with E-state index in [1.165, 1.54) is 24.0 Å². The summed E-state index contributed by atoms with van der Waals surface area (Å²) in [4.78, 5) is 11.8. The molecule has 0 bridgehead atoms. The average molecular weight is 246 g/mol. The number of rotatable bonds is 5. The van der Waals surface area contributed by atoms with Crippen LogP contribution in [0.3, 0.4) is 0 Å². The molecule has 1 aromatic rings. The SMILES string of the molecule is CCCNCC(=O)Nc1cccc2c1CCCC2. The maximum atomic E-state index is 11.8. The Morgan fingerprint density at radius 3 is 2.94 bits per heavy atom. The van der Waals surface area contributed by atoms with Gasteiger partial charge in [0, 0.05) is 5.69 Å². The Morgan fingerprint density at radius 1 is 1.28 bits per heavy atom. The standard InChI is InChI=1S/C15H22N2O/c1-2-10-16-11-15(18)17-14-9-5-7-12-6-3-4-8-13(12)14/h5,7,9,16H,2-4,6,8,10-11H2,1H3,(H,17,18). The second-order valence-electron chi connectivity index (χ2n) is 4.88. The lowest BCUT2D eigenvalue weighted by molar-refractivity contribution is -0.115. The Balaban J connectivity index is 1.98. The van der Waals surface area contributed by atoms with Crippen LogP contribution in [0.1, 0.15) is 37.3 Å². The van der Waals surface area contributed by atoms with Crippen LogP contribution >= 0.6 is 0 Å². The molecule has 0 unspecified atom stereocenters. The molecule has 1 aliphatic carbocycles. The van der Waals surface area contributed by atoms with Crippen LogP contribution < -0.4 is 10.6 Å². The van der Waals surface area contributed by atoms with Gasteiger partial charge in [-0.15, -0.1) is 0 Å². The fourth-order valence-corrected chi connectivity index (χ4v) is 2.47. The van der Waals surface area contributed by atoms with Gasteiger partial charge in [-0.05, 0) is 55.8 Å². The van der Waals surface area contributed by atoms with E-state index in [1.54, 1.807) is 0 Å². The average Bonchev–Trinajstić information content (AvgIpc) is 2.39. The van der Waals surface area contributed by atoms with Crippen LogP contribution in [0, 0.1) is 0 Å². The van der Waals surface area contributed by atoms with Gasteiger partial charge in [0.1, 0.15) is 0 Å². The molecule has 18 heavy (non-hydrogen) atoms. The molecule has 0 spiro atoms. The number of hydrogen-bond acceptors (Lipinski definition) is 2. The van der Waals surface area contributed by atoms with Crippen molar-refractivity contribution in [3.05, 3.63) is 29.3 Å². The van der Waals surface area contributed by atoms with Crippen LogP contribution in [0.4, 0.5) is 5.69 Å². The predicted octanol–water partition coefficient (Wildman–Crippen LogP) is 2.50. The van der Waals surface area contributed by atoms with E-state index in [0.29, 0.717) is 6.54 Å². The fraction of sp³-hybridized carbons (Fsp3) is 0.533. The topological polar surface area (TPSA) is 41.1 Å². The smallest absolute Gasteiger partial charge is 0.238 e. The normalized spacial score (nSPS) is 14.1. The summed E-state index contributed by atoms with van der Waals surface area (Å²) in [7, 11) is 0. The van der Waals surface area contributed by atoms with E-state index in [0.717, 1.165) is 31.5 Å². The summed E-state index contributed by atoms with van der Waals surface area (Å²) >= 11 is 0. The molecule has 0 saturated carbocycles. The van der Waals surface area contributed by atoms with Gasteiger partial charge in [-0.3, -0.25) is 4.79 Å². The Kier molecular flexibility index (Phi) is 4.76. The highest BCUT2D eigenvalue weighted by molar-refractivity contribution is 5.93. The molecule has 0 radical (unpaired) electrons. The maximum Gasteiger partial charge on any atom is 0.238 e. The van der Waals surface area contributed by atoms with Crippen LogP contribution in [-0.2, 0) is 17.6 Å². The van der Waals surface area contributed by atoms with Gasteiger partial charge < -0.3 is 10.6 Å². The quantitative estimate of drug-likeness (QED) is 0.784. The molecule has 0 heterocycles. The van der Waals surface area contributed by atoms with Gasteiger partial charge in [0.2, 0.25) is 5.91 Å². The molecule has 0 atom stereocenters. The third-order valence-corrected chi connectivity index (χ3v) is 3.38. The molecule has 1 aromatic carbocycles. The minimum atomic E-state index is 0.0578. The number of amides is 1. The van der Waals surface area contributed by atoms with Gasteiger partial charge in [-0.25, -0.2) is 0 Å². The first-order valence-corrected chi connectivity index (χ1v) is 6.92. The summed E-state index contributed by atoms with van der Waals surface area (Å²) in [5, 5.41) is 6.15. The zero-order valence-electron chi connectivity index (χ0n) is 11.1. The van der Waals surface area contributed by atoms with Gasteiger partial charge >= 0.3 is 0 Å². The highest BCUT2D eigenvalue weighted by atomic mass is 16.1. The Hall–Kier alpha value is -1.35. The summed E-state index contributed by atoms with van der Waals surface area (Å²) in [5.41, 5.74) is 3.75. The lowest BCUT2D eigenvalue weighted by Gasteiger charge is -2.19. The lowest BCUT2D eigenvalue weighted by Crippen LogP contribution is -2.29. The van der Waals surface area contributed by atoms with Crippen LogP contribution in [0.5, 0.6) is 0 Å². The Bertz CT molecular complexity index is 415. The molecule has 1 aliphatic rings. The number of nitrogens with one attached hydrogen (secondary N) is 2. The molecule has 3 nitrogen and oxygen atoms in total. The number of fused-ring (bicyclic) bond motifs is 1. The fourth-order valence-electron chi connectivity index (χ4n) is 2.47. The van der Waals surface area contributed by atoms with Crippen molar-refractivity contribution < 1.29 is 4.79 Å². The van der Waals surface area contributed by atoms with E-state index in [9.17, 15) is 4.79 Å². The van der Waals surface area contributed by atoms with Crippen molar-refractivity contribution in [1.29, 1.82) is 0 Å². The molecule has 1 amide bonds. The number of carbonyl (C=O) groups excluding carboxylic acids is 1. The van der Waals surface area contributed by atoms with E-state index in [2.05, 4.69) is 23.6 Å². The van der Waals surface area contributed by atoms with Gasteiger partial charge in [0.25, 0.3) is 0 Å². The molecule has 3 heteroatoms. The third kappa shape index (κ3) is 3.33. The number of benzene rings is 1. The molecule has 0 fully saturated rings. The highest BCUT2D eigenvalue weighted by Gasteiger charge is 2.13. The van der Waals surface area contributed by atoms with Crippen LogP contribution in [-0.4, -0.2) is 19.0 Å². The summed E-state index contributed by atoms with van der Waals surface area (Å²) in [5.74, 6) is 0.0578. The predicted molar refractivity (Wildman–Crippen MR) is 74.9 cm³/mol. The van der Waals surface area contributed by atoms with E-state index in [-0.39, 0.29) is 5.91 Å². The summed E-state index contributed by atoms with van der Waals surface area (Å²) < 4.78 is 0. The zero-order chi connectivity index (χ0) is 12.8. The van der Waals surface area contributed by atoms with Crippen molar-refractivity contribution in [3.63, 3.8) is 0 Å². The van der Waals surface area contributed by atoms with Crippen molar-refractivity contribution >= 4 is 11.6 Å². The molecule has 2 N–H and O–H groups in total. The van der Waals surface area contributed by atoms with Crippen LogP contribution in [0.25, 0.3) is 0 Å². The van der Waals surface area contributed by atoms with Gasteiger partial charge in [-0.1, -0.05) is 19.1 Å². The van der Waals surface area contributed by atoms with Gasteiger partial charge in [0.15, 0.2) is 0 Å². The Labute approximate surface area is 109 Å². The molecule has 98 valence electrons. The van der Waals surface area contributed by atoms with Gasteiger partial charge in [-0.2, -0.15) is 0 Å². The minimum Gasteiger partial charge on any atom is -0.325 e. The molecule has 2 rings (SSSR count). The third-order valence-electron chi connectivity index (χ3n) is 3.38. The largest absolute Gasteiger partial charge is 0.325 e. The number of aryl methyl sites for hydroxylation is 1. The summed E-state index contributed by atoms with van der Waals surface area (Å²) in [6.07, 6.45) is 5.78. The highest BCUT2D eigenvalue weighted by Crippen LogP contribution is 2.27. The van der Waals surface area contributed by atoms with E-state index in [4.69, 9.17) is 0 Å². The molecule has 0 aliphatic heterocycles. The summed E-state index contributed by atoms with van der Waals surface area (Å²) in [6.45, 7) is 3.39. The molecular weight excluding hydrogens is 224 g/mol. The molecular formula is C15H22N2O. The van der Waals surface area contributed by atoms with Crippen molar-refractivity contribution in [1.82, 2.24) is 5.32 Å². The lowest BCUT2D eigenvalue weighted by atomic mass is 9.90. The van der Waals surface area contributed by atoms with E-state index in [1.807, 2.05) is 12.1 Å². The zero-order valence-corrected chi connectivity index (χ0v) is 11.1. The first kappa shape index (κ1) is 13.1. The monoisotopic (exact) mass is 246 g/mol. The van der Waals surface area contributed by atoms with Crippen molar-refractivity contribution in [2.75, 3.05) is 18.4 Å². The van der Waals surface area contributed by atoms with E-state index < -0.39 is 0 Å². The Morgan fingerprint density at radius 2 is 2.11 bits per heavy atom. The van der Waals surface area contributed by atoms with Crippen molar-refractivity contribution in [3.8, 4) is 0 Å². The molecule has 0 saturated heterocycles. The maximum absolute atomic E-state index is 11.8.